The number of nitrogens with one attached hydrogen (secondary N) is 2. The molecule has 0 fully saturated rings. The van der Waals surface area contributed by atoms with Crippen LogP contribution >= 0.6 is 0 Å². The van der Waals surface area contributed by atoms with E-state index in [1.165, 1.54) is 13.0 Å². The molecule has 0 radical (unpaired) electrons. The van der Waals surface area contributed by atoms with Crippen LogP contribution in [0.25, 0.3) is 0 Å². The van der Waals surface area contributed by atoms with Crippen molar-refractivity contribution in [2.75, 3.05) is 23.8 Å². The van der Waals surface area contributed by atoms with Gasteiger partial charge in [0.05, 0.1) is 24.5 Å². The maximum absolute atomic E-state index is 12.2. The molecule has 0 atom stereocenters. The van der Waals surface area contributed by atoms with Gasteiger partial charge in [0.25, 0.3) is 11.8 Å². The molecule has 0 aromatic heterocycles. The quantitative estimate of drug-likeness (QED) is 0.701. The van der Waals surface area contributed by atoms with E-state index in [9.17, 15) is 14.4 Å². The number of nitrogens with zero attached hydrogens (tertiary/aromatic N) is 1. The van der Waals surface area contributed by atoms with Gasteiger partial charge in [-0.15, -0.1) is 0 Å². The molecule has 2 rings (SSSR count). The molecule has 1 aromatic carbocycles. The molecule has 0 saturated heterocycles. The van der Waals surface area contributed by atoms with E-state index in [1.54, 1.807) is 12.1 Å². The molecular formula is C16H19N3O4. The van der Waals surface area contributed by atoms with Gasteiger partial charge in [-0.2, -0.15) is 0 Å². The average molecular weight is 317 g/mol. The van der Waals surface area contributed by atoms with Gasteiger partial charge in [0.2, 0.25) is 5.91 Å². The highest BCUT2D eigenvalue weighted by Crippen LogP contribution is 2.28. The predicted molar refractivity (Wildman–Crippen MR) is 85.7 cm³/mol. The lowest BCUT2D eigenvalue weighted by molar-refractivity contribution is -0.137. The van der Waals surface area contributed by atoms with Gasteiger partial charge in [-0.05, 0) is 37.1 Å². The van der Waals surface area contributed by atoms with Crippen LogP contribution in [-0.2, 0) is 14.4 Å². The van der Waals surface area contributed by atoms with E-state index in [4.69, 9.17) is 5.11 Å². The monoisotopic (exact) mass is 317 g/mol. The molecule has 0 saturated carbocycles. The molecule has 7 heteroatoms. The van der Waals surface area contributed by atoms with E-state index in [-0.39, 0.29) is 24.8 Å². The summed E-state index contributed by atoms with van der Waals surface area (Å²) in [5, 5.41) is 14.5. The second-order valence-corrected chi connectivity index (χ2v) is 5.36. The third-order valence-electron chi connectivity index (χ3n) is 3.55. The molecule has 1 aliphatic rings. The van der Waals surface area contributed by atoms with Crippen LogP contribution in [0.2, 0.25) is 0 Å². The van der Waals surface area contributed by atoms with Crippen molar-refractivity contribution in [2.45, 2.75) is 20.8 Å². The van der Waals surface area contributed by atoms with Crippen molar-refractivity contribution in [1.82, 2.24) is 4.90 Å². The summed E-state index contributed by atoms with van der Waals surface area (Å²) in [6.45, 7) is 4.87. The van der Waals surface area contributed by atoms with Crippen LogP contribution in [0.5, 0.6) is 0 Å². The fourth-order valence-corrected chi connectivity index (χ4v) is 2.27. The molecule has 23 heavy (non-hydrogen) atoms. The number of amides is 3. The fraction of sp³-hybridized carbons (Fsp3) is 0.312. The lowest BCUT2D eigenvalue weighted by Gasteiger charge is -2.16. The van der Waals surface area contributed by atoms with Crippen LogP contribution in [0.1, 0.15) is 18.1 Å². The molecular weight excluding hydrogens is 298 g/mol. The molecule has 1 aromatic rings. The number of β-amino-alcohol motifs (C(OH)–C–C–N with tert-alkyl or cyclic N) is 1. The van der Waals surface area contributed by atoms with Gasteiger partial charge in [-0.1, -0.05) is 0 Å². The van der Waals surface area contributed by atoms with Crippen LogP contribution < -0.4 is 10.6 Å². The molecule has 3 N–H and O–H groups in total. The molecule has 0 unspecified atom stereocenters. The SMILES string of the molecule is CC(=O)Nc1cc(C)c(C)cc1NC1=CC(=O)N(CCO)C1=O. The first kappa shape index (κ1) is 16.7. The summed E-state index contributed by atoms with van der Waals surface area (Å²) in [7, 11) is 0. The minimum atomic E-state index is -0.504. The number of anilines is 2. The number of hydrogen-bond acceptors (Lipinski definition) is 5. The summed E-state index contributed by atoms with van der Waals surface area (Å²) in [5.74, 6) is -1.21. The Morgan fingerprint density at radius 2 is 1.78 bits per heavy atom. The summed E-state index contributed by atoms with van der Waals surface area (Å²) >= 11 is 0. The normalized spacial score (nSPS) is 14.1. The summed E-state index contributed by atoms with van der Waals surface area (Å²) in [6.07, 6.45) is 1.19. The summed E-state index contributed by atoms with van der Waals surface area (Å²) in [5.41, 5.74) is 3.14. The van der Waals surface area contributed by atoms with E-state index in [2.05, 4.69) is 10.6 Å². The Kier molecular flexibility index (Phi) is 4.80. The van der Waals surface area contributed by atoms with Gasteiger partial charge < -0.3 is 15.7 Å². The van der Waals surface area contributed by atoms with Crippen molar-refractivity contribution in [1.29, 1.82) is 0 Å². The van der Waals surface area contributed by atoms with Crippen molar-refractivity contribution in [3.63, 3.8) is 0 Å². The van der Waals surface area contributed by atoms with Crippen LogP contribution in [0.15, 0.2) is 23.9 Å². The molecule has 7 nitrogen and oxygen atoms in total. The van der Waals surface area contributed by atoms with Crippen LogP contribution in [-0.4, -0.2) is 40.9 Å². The first-order valence-corrected chi connectivity index (χ1v) is 7.17. The smallest absolute Gasteiger partial charge is 0.277 e. The van der Waals surface area contributed by atoms with Gasteiger partial charge in [0, 0.05) is 13.0 Å². The molecule has 0 bridgehead atoms. The zero-order valence-electron chi connectivity index (χ0n) is 13.3. The number of rotatable bonds is 5. The fourth-order valence-electron chi connectivity index (χ4n) is 2.27. The van der Waals surface area contributed by atoms with Crippen molar-refractivity contribution in [3.8, 4) is 0 Å². The number of aliphatic hydroxyl groups excluding tert-OH is 1. The minimum absolute atomic E-state index is 0.0508. The highest BCUT2D eigenvalue weighted by atomic mass is 16.3. The van der Waals surface area contributed by atoms with Crippen molar-refractivity contribution >= 4 is 29.1 Å². The predicted octanol–water partition coefficient (Wildman–Crippen LogP) is 0.919. The Hall–Kier alpha value is -2.67. The van der Waals surface area contributed by atoms with Crippen molar-refractivity contribution in [2.24, 2.45) is 0 Å². The Balaban J connectivity index is 2.31. The van der Waals surface area contributed by atoms with E-state index in [0.717, 1.165) is 16.0 Å². The molecule has 122 valence electrons. The Bertz CT molecular complexity index is 710. The van der Waals surface area contributed by atoms with E-state index < -0.39 is 11.8 Å². The van der Waals surface area contributed by atoms with Crippen LogP contribution in [0.4, 0.5) is 11.4 Å². The van der Waals surface area contributed by atoms with Gasteiger partial charge in [0.15, 0.2) is 0 Å². The lowest BCUT2D eigenvalue weighted by Crippen LogP contribution is -2.34. The second-order valence-electron chi connectivity index (χ2n) is 5.36. The largest absolute Gasteiger partial charge is 0.395 e. The molecule has 1 heterocycles. The van der Waals surface area contributed by atoms with Gasteiger partial charge in [0.1, 0.15) is 5.70 Å². The van der Waals surface area contributed by atoms with Gasteiger partial charge in [-0.3, -0.25) is 19.3 Å². The number of carbonyl (C=O) groups is 3. The number of aryl methyl sites for hydroxylation is 2. The van der Waals surface area contributed by atoms with Crippen LogP contribution in [0, 0.1) is 13.8 Å². The number of benzene rings is 1. The van der Waals surface area contributed by atoms with Gasteiger partial charge >= 0.3 is 0 Å². The maximum Gasteiger partial charge on any atom is 0.277 e. The van der Waals surface area contributed by atoms with E-state index in [0.29, 0.717) is 11.4 Å². The van der Waals surface area contributed by atoms with E-state index in [1.807, 2.05) is 13.8 Å². The maximum atomic E-state index is 12.2. The first-order chi connectivity index (χ1) is 10.8. The standard InChI is InChI=1S/C16H19N3O4/c1-9-6-12(17-11(3)21)13(7-10(9)2)18-14-8-15(22)19(4-5-20)16(14)23/h6-8,18,20H,4-5H2,1-3H3,(H,17,21). The highest BCUT2D eigenvalue weighted by Gasteiger charge is 2.31. The summed E-state index contributed by atoms with van der Waals surface area (Å²) in [4.78, 5) is 36.2. The number of imide groups is 1. The van der Waals surface area contributed by atoms with Gasteiger partial charge in [-0.25, -0.2) is 0 Å². The second kappa shape index (κ2) is 6.62. The summed E-state index contributed by atoms with van der Waals surface area (Å²) in [6, 6.07) is 3.60. The third-order valence-corrected chi connectivity index (χ3v) is 3.55. The highest BCUT2D eigenvalue weighted by molar-refractivity contribution is 6.17. The third kappa shape index (κ3) is 3.57. The molecule has 0 spiro atoms. The first-order valence-electron chi connectivity index (χ1n) is 7.17. The lowest BCUT2D eigenvalue weighted by atomic mass is 10.1. The summed E-state index contributed by atoms with van der Waals surface area (Å²) < 4.78 is 0. The number of aliphatic hydroxyl groups is 1. The molecule has 0 aliphatic carbocycles. The van der Waals surface area contributed by atoms with E-state index >= 15 is 0 Å². The van der Waals surface area contributed by atoms with Crippen molar-refractivity contribution in [3.05, 3.63) is 35.0 Å². The zero-order valence-corrected chi connectivity index (χ0v) is 13.3. The van der Waals surface area contributed by atoms with Crippen LogP contribution in [0.3, 0.4) is 0 Å². The average Bonchev–Trinajstić information content (AvgIpc) is 2.72. The number of carbonyl (C=O) groups excluding carboxylic acids is 3. The minimum Gasteiger partial charge on any atom is -0.395 e. The molecule has 1 aliphatic heterocycles. The molecule has 3 amide bonds. The number of hydrogen-bond donors (Lipinski definition) is 3. The topological polar surface area (TPSA) is 98.7 Å². The Morgan fingerprint density at radius 3 is 2.35 bits per heavy atom. The van der Waals surface area contributed by atoms with Crippen molar-refractivity contribution < 1.29 is 19.5 Å². The Morgan fingerprint density at radius 1 is 1.17 bits per heavy atom. The Labute approximate surface area is 134 Å². The zero-order chi connectivity index (χ0) is 17.1.